The summed E-state index contributed by atoms with van der Waals surface area (Å²) in [7, 11) is 1.54. The van der Waals surface area contributed by atoms with Crippen LogP contribution in [0.15, 0.2) is 47.8 Å². The first-order valence-electron chi connectivity index (χ1n) is 8.40. The minimum absolute atomic E-state index is 0.170. The Balaban J connectivity index is 1.67. The number of rotatable bonds is 7. The third kappa shape index (κ3) is 4.99. The topological polar surface area (TPSA) is 60.5 Å². The number of ether oxygens (including phenoxy) is 2. The quantitative estimate of drug-likeness (QED) is 0.600. The largest absolute Gasteiger partial charge is 0.495 e. The van der Waals surface area contributed by atoms with Crippen molar-refractivity contribution in [3.05, 3.63) is 58.6 Å². The number of methoxy groups -OCH3 is 1. The molecule has 1 heterocycles. The third-order valence-corrected chi connectivity index (χ3v) is 4.92. The number of nitrogens with zero attached hydrogens (tertiary/aromatic N) is 1. The van der Waals surface area contributed by atoms with Gasteiger partial charge < -0.3 is 14.8 Å². The maximum absolute atomic E-state index is 12.4. The highest BCUT2D eigenvalue weighted by Crippen LogP contribution is 2.29. The Morgan fingerprint density at radius 2 is 2.00 bits per heavy atom. The number of aromatic nitrogens is 1. The Labute approximate surface area is 166 Å². The average Bonchev–Trinajstić information content (AvgIpc) is 3.11. The zero-order chi connectivity index (χ0) is 19.2. The lowest BCUT2D eigenvalue weighted by molar-refractivity contribution is -0.115. The number of hydrogen-bond donors (Lipinski definition) is 1. The molecule has 140 valence electrons. The van der Waals surface area contributed by atoms with Gasteiger partial charge in [0.2, 0.25) is 5.91 Å². The molecule has 0 aliphatic heterocycles. The van der Waals surface area contributed by atoms with Gasteiger partial charge in [-0.25, -0.2) is 4.98 Å². The van der Waals surface area contributed by atoms with Gasteiger partial charge >= 0.3 is 0 Å². The molecule has 1 aromatic heterocycles. The molecule has 0 aliphatic rings. The van der Waals surface area contributed by atoms with Crippen molar-refractivity contribution in [2.24, 2.45) is 0 Å². The van der Waals surface area contributed by atoms with E-state index < -0.39 is 0 Å². The van der Waals surface area contributed by atoms with Gasteiger partial charge in [-0.1, -0.05) is 11.6 Å². The van der Waals surface area contributed by atoms with Gasteiger partial charge in [0, 0.05) is 16.0 Å². The summed E-state index contributed by atoms with van der Waals surface area (Å²) in [5, 5.41) is 6.10. The summed E-state index contributed by atoms with van der Waals surface area (Å²) < 4.78 is 10.7. The number of hydrogen-bond acceptors (Lipinski definition) is 5. The van der Waals surface area contributed by atoms with Gasteiger partial charge in [0.05, 0.1) is 31.5 Å². The predicted octanol–water partition coefficient (Wildman–Crippen LogP) is 5.05. The van der Waals surface area contributed by atoms with E-state index in [0.29, 0.717) is 28.8 Å². The Bertz CT molecular complexity index is 925. The summed E-state index contributed by atoms with van der Waals surface area (Å²) in [5.74, 6) is 1.20. The van der Waals surface area contributed by atoms with Crippen molar-refractivity contribution >= 4 is 34.5 Å². The molecule has 0 saturated carbocycles. The van der Waals surface area contributed by atoms with Crippen LogP contribution in [0.2, 0.25) is 5.02 Å². The van der Waals surface area contributed by atoms with Gasteiger partial charge in [-0.05, 0) is 49.4 Å². The summed E-state index contributed by atoms with van der Waals surface area (Å²) in [6.45, 7) is 2.58. The zero-order valence-corrected chi connectivity index (χ0v) is 16.6. The molecular weight excluding hydrogens is 384 g/mol. The second kappa shape index (κ2) is 8.88. The summed E-state index contributed by atoms with van der Waals surface area (Å²) in [6.07, 6.45) is 0.170. The van der Waals surface area contributed by atoms with Gasteiger partial charge in [0.1, 0.15) is 16.5 Å². The molecule has 0 fully saturated rings. The van der Waals surface area contributed by atoms with Crippen LogP contribution >= 0.6 is 22.9 Å². The fourth-order valence-corrected chi connectivity index (χ4v) is 3.52. The zero-order valence-electron chi connectivity index (χ0n) is 15.0. The van der Waals surface area contributed by atoms with Gasteiger partial charge in [-0.15, -0.1) is 11.3 Å². The molecule has 0 saturated heterocycles. The monoisotopic (exact) mass is 402 g/mol. The maximum Gasteiger partial charge on any atom is 0.230 e. The molecule has 0 spiro atoms. The number of thiazole rings is 1. The van der Waals surface area contributed by atoms with Gasteiger partial charge in [0.25, 0.3) is 0 Å². The average molecular weight is 403 g/mol. The summed E-state index contributed by atoms with van der Waals surface area (Å²) in [5.41, 5.74) is 2.24. The smallest absolute Gasteiger partial charge is 0.230 e. The highest BCUT2D eigenvalue weighted by Gasteiger charge is 2.12. The lowest BCUT2D eigenvalue weighted by atomic mass is 10.2. The van der Waals surface area contributed by atoms with Crippen LogP contribution in [-0.4, -0.2) is 24.6 Å². The molecule has 5 nitrogen and oxygen atoms in total. The van der Waals surface area contributed by atoms with Crippen molar-refractivity contribution in [3.8, 4) is 22.1 Å². The lowest BCUT2D eigenvalue weighted by Crippen LogP contribution is -2.15. The molecule has 27 heavy (non-hydrogen) atoms. The van der Waals surface area contributed by atoms with Gasteiger partial charge in [-0.2, -0.15) is 0 Å². The van der Waals surface area contributed by atoms with Crippen molar-refractivity contribution in [1.82, 2.24) is 4.98 Å². The minimum Gasteiger partial charge on any atom is -0.495 e. The number of carbonyl (C=O) groups is 1. The highest BCUT2D eigenvalue weighted by molar-refractivity contribution is 7.13. The predicted molar refractivity (Wildman–Crippen MR) is 109 cm³/mol. The molecule has 3 rings (SSSR count). The van der Waals surface area contributed by atoms with Crippen molar-refractivity contribution in [1.29, 1.82) is 0 Å². The highest BCUT2D eigenvalue weighted by atomic mass is 35.5. The summed E-state index contributed by atoms with van der Waals surface area (Å²) in [4.78, 5) is 16.9. The standard InChI is InChI=1S/C20H19ClN2O3S/c1-3-26-16-7-4-13(5-8-16)20-22-15(12-27-20)11-19(24)23-17-10-14(21)6-9-18(17)25-2/h4-10,12H,3,11H2,1-2H3,(H,23,24). The Morgan fingerprint density at radius 3 is 2.70 bits per heavy atom. The molecule has 3 aromatic rings. The van der Waals surface area contributed by atoms with E-state index in [1.54, 1.807) is 25.3 Å². The minimum atomic E-state index is -0.181. The third-order valence-electron chi connectivity index (χ3n) is 3.74. The number of anilines is 1. The van der Waals surface area contributed by atoms with Gasteiger partial charge in [0.15, 0.2) is 0 Å². The maximum atomic E-state index is 12.4. The van der Waals surface area contributed by atoms with Crippen LogP contribution in [-0.2, 0) is 11.2 Å². The van der Waals surface area contributed by atoms with Crippen LogP contribution in [0.4, 0.5) is 5.69 Å². The van der Waals surface area contributed by atoms with E-state index >= 15 is 0 Å². The molecular formula is C20H19ClN2O3S. The van der Waals surface area contributed by atoms with E-state index in [1.807, 2.05) is 36.6 Å². The Hall–Kier alpha value is -2.57. The molecule has 0 radical (unpaired) electrons. The number of carbonyl (C=O) groups excluding carboxylic acids is 1. The van der Waals surface area contributed by atoms with E-state index in [-0.39, 0.29) is 12.3 Å². The number of amides is 1. The molecule has 0 atom stereocenters. The van der Waals surface area contributed by atoms with Crippen LogP contribution in [0.5, 0.6) is 11.5 Å². The van der Waals surface area contributed by atoms with Crippen molar-refractivity contribution in [2.75, 3.05) is 19.0 Å². The number of nitrogens with one attached hydrogen (secondary N) is 1. The van der Waals surface area contributed by atoms with E-state index in [2.05, 4.69) is 10.3 Å². The lowest BCUT2D eigenvalue weighted by Gasteiger charge is -2.10. The SMILES string of the molecule is CCOc1ccc(-c2nc(CC(=O)Nc3cc(Cl)ccc3OC)cs2)cc1. The second-order valence-electron chi connectivity index (χ2n) is 5.67. The van der Waals surface area contributed by atoms with E-state index in [0.717, 1.165) is 16.3 Å². The molecule has 1 amide bonds. The van der Waals surface area contributed by atoms with Crippen molar-refractivity contribution in [2.45, 2.75) is 13.3 Å². The second-order valence-corrected chi connectivity index (χ2v) is 6.97. The normalized spacial score (nSPS) is 10.5. The Kier molecular flexibility index (Phi) is 6.32. The fourth-order valence-electron chi connectivity index (χ4n) is 2.52. The first-order valence-corrected chi connectivity index (χ1v) is 9.66. The van der Waals surface area contributed by atoms with Gasteiger partial charge in [-0.3, -0.25) is 4.79 Å². The molecule has 7 heteroatoms. The molecule has 0 aliphatic carbocycles. The first-order chi connectivity index (χ1) is 13.1. The van der Waals surface area contributed by atoms with Crippen molar-refractivity contribution < 1.29 is 14.3 Å². The van der Waals surface area contributed by atoms with E-state index in [1.165, 1.54) is 11.3 Å². The number of benzene rings is 2. The molecule has 2 aromatic carbocycles. The molecule has 0 unspecified atom stereocenters. The first kappa shape index (κ1) is 19.2. The van der Waals surface area contributed by atoms with E-state index in [4.69, 9.17) is 21.1 Å². The van der Waals surface area contributed by atoms with Crippen LogP contribution < -0.4 is 14.8 Å². The molecule has 0 bridgehead atoms. The van der Waals surface area contributed by atoms with Crippen LogP contribution in [0.3, 0.4) is 0 Å². The molecule has 1 N–H and O–H groups in total. The Morgan fingerprint density at radius 1 is 1.22 bits per heavy atom. The van der Waals surface area contributed by atoms with Crippen molar-refractivity contribution in [3.63, 3.8) is 0 Å². The number of halogens is 1. The van der Waals surface area contributed by atoms with Crippen LogP contribution in [0.1, 0.15) is 12.6 Å². The van der Waals surface area contributed by atoms with Crippen LogP contribution in [0, 0.1) is 0 Å². The summed E-state index contributed by atoms with van der Waals surface area (Å²) in [6, 6.07) is 12.8. The fraction of sp³-hybridized carbons (Fsp3) is 0.200. The van der Waals surface area contributed by atoms with Crippen LogP contribution in [0.25, 0.3) is 10.6 Å². The van der Waals surface area contributed by atoms with E-state index in [9.17, 15) is 4.79 Å². The summed E-state index contributed by atoms with van der Waals surface area (Å²) >= 11 is 7.50.